The van der Waals surface area contributed by atoms with Gasteiger partial charge in [0, 0.05) is 57.0 Å². The zero-order valence-corrected chi connectivity index (χ0v) is 30.4. The second-order valence-electron chi connectivity index (χ2n) is 13.9. The molecule has 12 rings (SSSR count). The highest BCUT2D eigenvalue weighted by molar-refractivity contribution is 7.26. The van der Waals surface area contributed by atoms with Crippen molar-refractivity contribution < 1.29 is 0 Å². The molecule has 0 N–H and O–H groups in total. The maximum absolute atomic E-state index is 5.20. The van der Waals surface area contributed by atoms with Crippen molar-refractivity contribution in [1.29, 1.82) is 0 Å². The number of fused-ring (bicyclic) bond motifs is 10. The summed E-state index contributed by atoms with van der Waals surface area (Å²) in [5, 5.41) is 7.81. The van der Waals surface area contributed by atoms with Gasteiger partial charge in [0.2, 0.25) is 0 Å². The molecule has 0 bridgehead atoms. The maximum Gasteiger partial charge on any atom is 0.165 e. The molecule has 0 fully saturated rings. The number of hydrogen-bond donors (Lipinski definition) is 0. The summed E-state index contributed by atoms with van der Waals surface area (Å²) < 4.78 is 5.07. The van der Waals surface area contributed by atoms with Crippen LogP contribution in [0.1, 0.15) is 0 Å². The summed E-state index contributed by atoms with van der Waals surface area (Å²) in [7, 11) is 0. The summed E-state index contributed by atoms with van der Waals surface area (Å²) in [6, 6.07) is 58.8. The van der Waals surface area contributed by atoms with Crippen LogP contribution in [0.25, 0.3) is 119 Å². The average molecular weight is 722 g/mol. The van der Waals surface area contributed by atoms with E-state index in [1.807, 2.05) is 29.5 Å². The van der Waals surface area contributed by atoms with Crippen LogP contribution in [-0.4, -0.2) is 15.0 Å². The molecule has 1 aliphatic rings. The van der Waals surface area contributed by atoms with E-state index < -0.39 is 0 Å². The van der Waals surface area contributed by atoms with Gasteiger partial charge < -0.3 is 0 Å². The molecule has 0 aliphatic heterocycles. The SMILES string of the molecule is c1ccc(-c2nc(-c3cccc(-c4ccc5sc6cc7c8c(cccc8c6c5c4)-c4ccccc4-7)c3)nc(-c3cccc4c3sc3ccccc34)n2)cc1. The van der Waals surface area contributed by atoms with Crippen LogP contribution in [0, 0.1) is 0 Å². The molecule has 8 aromatic carbocycles. The van der Waals surface area contributed by atoms with Gasteiger partial charge in [-0.05, 0) is 80.6 Å². The van der Waals surface area contributed by atoms with Crippen molar-refractivity contribution in [3.05, 3.63) is 164 Å². The molecular formula is C49H27N3S2. The van der Waals surface area contributed by atoms with Gasteiger partial charge in [-0.25, -0.2) is 15.0 Å². The zero-order valence-electron chi connectivity index (χ0n) is 28.7. The van der Waals surface area contributed by atoms with E-state index in [4.69, 9.17) is 15.0 Å². The molecule has 54 heavy (non-hydrogen) atoms. The highest BCUT2D eigenvalue weighted by Gasteiger charge is 2.24. The van der Waals surface area contributed by atoms with E-state index in [1.54, 1.807) is 11.3 Å². The standard InChI is InChI=1S/C49H27N3S2/c1-2-11-28(12-3-1)47-50-48(52-49(51-47)38-21-10-19-36-34-17-6-7-22-41(34)54-46(36)38)31-14-8-13-29(25-31)30-23-24-42-40(26-30)45-37-20-9-18-35-32-15-4-5-16-33(32)39(44(35)37)27-43(45)53-42/h1-27H. The molecule has 11 aromatic rings. The van der Waals surface area contributed by atoms with Crippen LogP contribution in [0.2, 0.25) is 0 Å². The zero-order chi connectivity index (χ0) is 35.3. The summed E-state index contributed by atoms with van der Waals surface area (Å²) in [5.41, 5.74) is 10.6. The van der Waals surface area contributed by atoms with Crippen molar-refractivity contribution >= 4 is 73.8 Å². The van der Waals surface area contributed by atoms with Crippen LogP contribution in [0.3, 0.4) is 0 Å². The first-order valence-corrected chi connectivity index (χ1v) is 19.7. The molecule has 3 nitrogen and oxygen atoms in total. The van der Waals surface area contributed by atoms with E-state index in [0.29, 0.717) is 17.5 Å². The second-order valence-corrected chi connectivity index (χ2v) is 16.1. The van der Waals surface area contributed by atoms with E-state index >= 15 is 0 Å². The van der Waals surface area contributed by atoms with Crippen LogP contribution in [0.15, 0.2) is 164 Å². The first-order chi connectivity index (χ1) is 26.7. The lowest BCUT2D eigenvalue weighted by Gasteiger charge is -2.10. The molecule has 3 aromatic heterocycles. The van der Waals surface area contributed by atoms with Gasteiger partial charge in [-0.3, -0.25) is 0 Å². The summed E-state index contributed by atoms with van der Waals surface area (Å²) in [6.45, 7) is 0. The Balaban J connectivity index is 1.02. The minimum absolute atomic E-state index is 0.657. The molecule has 0 saturated carbocycles. The molecule has 5 heteroatoms. The van der Waals surface area contributed by atoms with Crippen molar-refractivity contribution in [2.75, 3.05) is 0 Å². The highest BCUT2D eigenvalue weighted by Crippen LogP contribution is 2.52. The molecule has 0 radical (unpaired) electrons. The summed E-state index contributed by atoms with van der Waals surface area (Å²) in [6.07, 6.45) is 0. The fourth-order valence-corrected chi connectivity index (χ4v) is 10.8. The van der Waals surface area contributed by atoms with Gasteiger partial charge in [-0.1, -0.05) is 127 Å². The maximum atomic E-state index is 5.20. The Bertz CT molecular complexity index is 3340. The van der Waals surface area contributed by atoms with Crippen LogP contribution in [0.5, 0.6) is 0 Å². The molecule has 1 aliphatic carbocycles. The quantitative estimate of drug-likeness (QED) is 0.182. The fraction of sp³-hybridized carbons (Fsp3) is 0. The molecule has 0 saturated heterocycles. The largest absolute Gasteiger partial charge is 0.208 e. The molecule has 0 amide bonds. The monoisotopic (exact) mass is 721 g/mol. The minimum Gasteiger partial charge on any atom is -0.208 e. The van der Waals surface area contributed by atoms with Gasteiger partial charge in [-0.15, -0.1) is 22.7 Å². The number of aromatic nitrogens is 3. The number of nitrogens with zero attached hydrogens (tertiary/aromatic N) is 3. The third kappa shape index (κ3) is 4.43. The van der Waals surface area contributed by atoms with Gasteiger partial charge in [-0.2, -0.15) is 0 Å². The lowest BCUT2D eigenvalue weighted by molar-refractivity contribution is 1.08. The summed E-state index contributed by atoms with van der Waals surface area (Å²) in [5.74, 6) is 2.00. The van der Waals surface area contributed by atoms with Crippen LogP contribution in [-0.2, 0) is 0 Å². The van der Waals surface area contributed by atoms with Gasteiger partial charge in [0.25, 0.3) is 0 Å². The van der Waals surface area contributed by atoms with Crippen molar-refractivity contribution in [2.45, 2.75) is 0 Å². The summed E-state index contributed by atoms with van der Waals surface area (Å²) in [4.78, 5) is 15.4. The number of thiophene rings is 2. The van der Waals surface area contributed by atoms with Gasteiger partial charge in [0.1, 0.15) is 0 Å². The normalized spacial score (nSPS) is 12.1. The summed E-state index contributed by atoms with van der Waals surface area (Å²) >= 11 is 3.67. The van der Waals surface area contributed by atoms with Crippen molar-refractivity contribution in [1.82, 2.24) is 15.0 Å². The third-order valence-electron chi connectivity index (χ3n) is 10.9. The Hall–Kier alpha value is -6.53. The average Bonchev–Trinajstić information content (AvgIpc) is 3.91. The second kappa shape index (κ2) is 11.5. The first kappa shape index (κ1) is 30.0. The van der Waals surface area contributed by atoms with Gasteiger partial charge in [0.15, 0.2) is 17.5 Å². The Morgan fingerprint density at radius 1 is 0.296 bits per heavy atom. The molecule has 0 unspecified atom stereocenters. The van der Waals surface area contributed by atoms with E-state index in [2.05, 4.69) is 146 Å². The van der Waals surface area contributed by atoms with Gasteiger partial charge >= 0.3 is 0 Å². The van der Waals surface area contributed by atoms with Crippen molar-refractivity contribution in [3.63, 3.8) is 0 Å². The molecule has 0 atom stereocenters. The first-order valence-electron chi connectivity index (χ1n) is 18.1. The van der Waals surface area contributed by atoms with Crippen LogP contribution >= 0.6 is 22.7 Å². The third-order valence-corrected chi connectivity index (χ3v) is 13.2. The molecule has 250 valence electrons. The number of rotatable bonds is 4. The molecule has 3 heterocycles. The Morgan fingerprint density at radius 3 is 1.80 bits per heavy atom. The number of benzene rings is 8. The van der Waals surface area contributed by atoms with E-state index in [0.717, 1.165) is 22.3 Å². The topological polar surface area (TPSA) is 38.7 Å². The van der Waals surface area contributed by atoms with E-state index in [-0.39, 0.29) is 0 Å². The Kier molecular flexibility index (Phi) is 6.38. The van der Waals surface area contributed by atoms with Crippen LogP contribution in [0.4, 0.5) is 0 Å². The van der Waals surface area contributed by atoms with Crippen LogP contribution < -0.4 is 0 Å². The molecule has 0 spiro atoms. The van der Waals surface area contributed by atoms with Crippen molar-refractivity contribution in [3.8, 4) is 67.5 Å². The van der Waals surface area contributed by atoms with E-state index in [1.165, 1.54) is 78.9 Å². The van der Waals surface area contributed by atoms with Gasteiger partial charge in [0.05, 0.1) is 0 Å². The van der Waals surface area contributed by atoms with E-state index in [9.17, 15) is 0 Å². The minimum atomic E-state index is 0.657. The predicted octanol–water partition coefficient (Wildman–Crippen LogP) is 14.1. The highest BCUT2D eigenvalue weighted by atomic mass is 32.1. The lowest BCUT2D eigenvalue weighted by Crippen LogP contribution is -2.00. The smallest absolute Gasteiger partial charge is 0.165 e. The van der Waals surface area contributed by atoms with Crippen molar-refractivity contribution in [2.24, 2.45) is 0 Å². The lowest BCUT2D eigenvalue weighted by atomic mass is 9.96. The Labute approximate surface area is 318 Å². The Morgan fingerprint density at radius 2 is 0.907 bits per heavy atom. The number of hydrogen-bond acceptors (Lipinski definition) is 5. The molecular weight excluding hydrogens is 695 g/mol. The predicted molar refractivity (Wildman–Crippen MR) is 229 cm³/mol. The fourth-order valence-electron chi connectivity index (χ4n) is 8.42.